The number of carbonyl (C=O) groups excluding carboxylic acids is 1. The van der Waals surface area contributed by atoms with E-state index in [2.05, 4.69) is 20.9 Å². The van der Waals surface area contributed by atoms with Gasteiger partial charge < -0.3 is 4.74 Å². The van der Waals surface area contributed by atoms with Crippen LogP contribution in [0.4, 0.5) is 0 Å². The molecule has 1 aromatic heterocycles. The van der Waals surface area contributed by atoms with Crippen LogP contribution in [0.2, 0.25) is 0 Å². The maximum atomic E-state index is 11.7. The topological polar surface area (TPSA) is 39.2 Å². The van der Waals surface area contributed by atoms with Crippen LogP contribution < -0.4 is 0 Å². The van der Waals surface area contributed by atoms with Gasteiger partial charge in [0.15, 0.2) is 0 Å². The van der Waals surface area contributed by atoms with Crippen molar-refractivity contribution in [1.29, 1.82) is 0 Å². The highest BCUT2D eigenvalue weighted by molar-refractivity contribution is 9.10. The lowest BCUT2D eigenvalue weighted by molar-refractivity contribution is -0.119. The number of ketones is 1. The van der Waals surface area contributed by atoms with E-state index in [4.69, 9.17) is 4.74 Å². The Morgan fingerprint density at radius 3 is 2.88 bits per heavy atom. The van der Waals surface area contributed by atoms with Gasteiger partial charge in [0, 0.05) is 42.9 Å². The minimum atomic E-state index is 0.208. The van der Waals surface area contributed by atoms with Crippen molar-refractivity contribution in [1.82, 2.24) is 4.98 Å². The molecule has 4 heteroatoms. The van der Waals surface area contributed by atoms with Gasteiger partial charge in [0.25, 0.3) is 0 Å². The second-order valence-corrected chi connectivity index (χ2v) is 4.86. The quantitative estimate of drug-likeness (QED) is 0.807. The molecule has 1 heterocycles. The maximum Gasteiger partial charge on any atom is 0.139 e. The molecule has 1 unspecified atom stereocenters. The van der Waals surface area contributed by atoms with Crippen LogP contribution in [0.25, 0.3) is 0 Å². The Kier molecular flexibility index (Phi) is 5.63. The second kappa shape index (κ2) is 6.76. The summed E-state index contributed by atoms with van der Waals surface area (Å²) in [6.07, 6.45) is 2.66. The van der Waals surface area contributed by atoms with Crippen LogP contribution in [0, 0.1) is 5.92 Å². The summed E-state index contributed by atoms with van der Waals surface area (Å²) in [5, 5.41) is 0. The van der Waals surface area contributed by atoms with Gasteiger partial charge in [-0.25, -0.2) is 0 Å². The van der Waals surface area contributed by atoms with Crippen molar-refractivity contribution >= 4 is 21.7 Å². The van der Waals surface area contributed by atoms with E-state index in [-0.39, 0.29) is 11.7 Å². The fraction of sp³-hybridized carbons (Fsp3) is 0.500. The summed E-state index contributed by atoms with van der Waals surface area (Å²) in [6.45, 7) is 2.63. The number of ether oxygens (including phenoxy) is 1. The number of rotatable bonds is 6. The average molecular weight is 286 g/mol. The van der Waals surface area contributed by atoms with Gasteiger partial charge in [-0.05, 0) is 34.0 Å². The molecular formula is C12H16BrNO2. The molecule has 0 aliphatic carbocycles. The molecule has 0 bridgehead atoms. The zero-order valence-corrected chi connectivity index (χ0v) is 11.2. The predicted molar refractivity (Wildman–Crippen MR) is 66.3 cm³/mol. The van der Waals surface area contributed by atoms with Crippen molar-refractivity contribution in [3.8, 4) is 0 Å². The van der Waals surface area contributed by atoms with E-state index in [9.17, 15) is 4.79 Å². The van der Waals surface area contributed by atoms with Crippen molar-refractivity contribution < 1.29 is 9.53 Å². The normalized spacial score (nSPS) is 12.4. The van der Waals surface area contributed by atoms with Crippen LogP contribution in [0.3, 0.4) is 0 Å². The van der Waals surface area contributed by atoms with E-state index in [1.54, 1.807) is 13.3 Å². The number of methoxy groups -OCH3 is 1. The van der Waals surface area contributed by atoms with Gasteiger partial charge in [0.2, 0.25) is 0 Å². The Morgan fingerprint density at radius 2 is 2.31 bits per heavy atom. The lowest BCUT2D eigenvalue weighted by Gasteiger charge is -2.08. The SMILES string of the molecule is COCC(C)CC(=O)Cc1ccc(Br)cn1. The van der Waals surface area contributed by atoms with E-state index in [1.807, 2.05) is 19.1 Å². The van der Waals surface area contributed by atoms with Gasteiger partial charge in [-0.1, -0.05) is 6.92 Å². The predicted octanol–water partition coefficient (Wildman–Crippen LogP) is 2.63. The van der Waals surface area contributed by atoms with Crippen LogP contribution in [0.15, 0.2) is 22.8 Å². The Labute approximate surface area is 104 Å². The number of hydrogen-bond acceptors (Lipinski definition) is 3. The van der Waals surface area contributed by atoms with Crippen molar-refractivity contribution in [3.63, 3.8) is 0 Å². The van der Waals surface area contributed by atoms with Crippen molar-refractivity contribution in [2.75, 3.05) is 13.7 Å². The lowest BCUT2D eigenvalue weighted by Crippen LogP contribution is -2.12. The monoisotopic (exact) mass is 285 g/mol. The molecule has 0 saturated heterocycles. The minimum absolute atomic E-state index is 0.208. The van der Waals surface area contributed by atoms with E-state index in [0.717, 1.165) is 10.2 Å². The number of carbonyl (C=O) groups is 1. The minimum Gasteiger partial charge on any atom is -0.384 e. The average Bonchev–Trinajstić information content (AvgIpc) is 2.21. The van der Waals surface area contributed by atoms with E-state index < -0.39 is 0 Å². The summed E-state index contributed by atoms with van der Waals surface area (Å²) >= 11 is 3.31. The molecule has 0 radical (unpaired) electrons. The Morgan fingerprint density at radius 1 is 1.56 bits per heavy atom. The number of pyridine rings is 1. The highest BCUT2D eigenvalue weighted by atomic mass is 79.9. The van der Waals surface area contributed by atoms with Crippen LogP contribution in [-0.4, -0.2) is 24.5 Å². The first-order valence-electron chi connectivity index (χ1n) is 5.23. The summed E-state index contributed by atoms with van der Waals surface area (Å²) in [4.78, 5) is 15.8. The third-order valence-corrected chi connectivity index (χ3v) is 2.66. The third-order valence-electron chi connectivity index (χ3n) is 2.19. The van der Waals surface area contributed by atoms with Crippen LogP contribution in [-0.2, 0) is 16.0 Å². The lowest BCUT2D eigenvalue weighted by atomic mass is 10.0. The molecule has 0 spiro atoms. The van der Waals surface area contributed by atoms with E-state index >= 15 is 0 Å². The molecule has 0 amide bonds. The second-order valence-electron chi connectivity index (χ2n) is 3.95. The molecule has 0 fully saturated rings. The zero-order valence-electron chi connectivity index (χ0n) is 9.57. The zero-order chi connectivity index (χ0) is 12.0. The summed E-state index contributed by atoms with van der Waals surface area (Å²) < 4.78 is 5.92. The van der Waals surface area contributed by atoms with Gasteiger partial charge in [-0.2, -0.15) is 0 Å². The third kappa shape index (κ3) is 4.86. The Balaban J connectivity index is 2.42. The number of Topliss-reactive ketones (excluding diaryl/α,β-unsaturated/α-hetero) is 1. The summed E-state index contributed by atoms with van der Waals surface area (Å²) in [5.41, 5.74) is 0.817. The number of halogens is 1. The molecule has 1 atom stereocenters. The fourth-order valence-electron chi connectivity index (χ4n) is 1.52. The molecule has 88 valence electrons. The maximum absolute atomic E-state index is 11.7. The fourth-order valence-corrected chi connectivity index (χ4v) is 1.75. The van der Waals surface area contributed by atoms with E-state index in [0.29, 0.717) is 19.4 Å². The summed E-state index contributed by atoms with van der Waals surface area (Å²) in [5.74, 6) is 0.479. The van der Waals surface area contributed by atoms with Gasteiger partial charge >= 0.3 is 0 Å². The number of nitrogens with zero attached hydrogens (tertiary/aromatic N) is 1. The van der Waals surface area contributed by atoms with Crippen molar-refractivity contribution in [2.45, 2.75) is 19.8 Å². The molecular weight excluding hydrogens is 270 g/mol. The molecule has 1 aromatic rings. The van der Waals surface area contributed by atoms with Crippen LogP contribution in [0.1, 0.15) is 19.0 Å². The first-order valence-corrected chi connectivity index (χ1v) is 6.02. The first-order chi connectivity index (χ1) is 7.61. The molecule has 0 aromatic carbocycles. The summed E-state index contributed by atoms with van der Waals surface area (Å²) in [6, 6.07) is 3.76. The largest absolute Gasteiger partial charge is 0.384 e. The number of aromatic nitrogens is 1. The Bertz CT molecular complexity index is 337. The molecule has 1 rings (SSSR count). The first kappa shape index (κ1) is 13.3. The molecule has 0 saturated carbocycles. The molecule has 3 nitrogen and oxygen atoms in total. The van der Waals surface area contributed by atoms with Gasteiger partial charge in [0.05, 0.1) is 0 Å². The molecule has 0 aliphatic heterocycles. The highest BCUT2D eigenvalue weighted by Gasteiger charge is 2.10. The molecule has 16 heavy (non-hydrogen) atoms. The highest BCUT2D eigenvalue weighted by Crippen LogP contribution is 2.10. The molecule has 0 N–H and O–H groups in total. The van der Waals surface area contributed by atoms with E-state index in [1.165, 1.54) is 0 Å². The smallest absolute Gasteiger partial charge is 0.139 e. The summed E-state index contributed by atoms with van der Waals surface area (Å²) in [7, 11) is 1.65. The van der Waals surface area contributed by atoms with Crippen molar-refractivity contribution in [2.24, 2.45) is 5.92 Å². The van der Waals surface area contributed by atoms with Crippen molar-refractivity contribution in [3.05, 3.63) is 28.5 Å². The standard InChI is InChI=1S/C12H16BrNO2/c1-9(8-16-2)5-12(15)6-11-4-3-10(13)7-14-11/h3-4,7,9H,5-6,8H2,1-2H3. The van der Waals surface area contributed by atoms with Crippen LogP contribution in [0.5, 0.6) is 0 Å². The van der Waals surface area contributed by atoms with Crippen LogP contribution >= 0.6 is 15.9 Å². The van der Waals surface area contributed by atoms with Gasteiger partial charge in [-0.15, -0.1) is 0 Å². The number of hydrogen-bond donors (Lipinski definition) is 0. The molecule has 0 aliphatic rings. The van der Waals surface area contributed by atoms with Gasteiger partial charge in [-0.3, -0.25) is 9.78 Å². The Hall–Kier alpha value is -0.740. The van der Waals surface area contributed by atoms with Gasteiger partial charge in [0.1, 0.15) is 5.78 Å².